The zero-order valence-electron chi connectivity index (χ0n) is 11.8. The van der Waals surface area contributed by atoms with E-state index in [2.05, 4.69) is 43.2 Å². The number of hydrogen-bond donors (Lipinski definition) is 1. The lowest BCUT2D eigenvalue weighted by atomic mass is 9.99. The van der Waals surface area contributed by atoms with Gasteiger partial charge in [-0.3, -0.25) is 0 Å². The zero-order valence-corrected chi connectivity index (χ0v) is 15.7. The van der Waals surface area contributed by atoms with Crippen molar-refractivity contribution >= 4 is 43.5 Å². The summed E-state index contributed by atoms with van der Waals surface area (Å²) in [5.74, 6) is 0.844. The fourth-order valence-corrected chi connectivity index (χ4v) is 3.32. The summed E-state index contributed by atoms with van der Waals surface area (Å²) >= 11 is 13.4. The second kappa shape index (κ2) is 7.63. The average Bonchev–Trinajstić information content (AvgIpc) is 2.46. The Morgan fingerprint density at radius 3 is 2.57 bits per heavy atom. The summed E-state index contributed by atoms with van der Waals surface area (Å²) in [7, 11) is 1.92. The van der Waals surface area contributed by atoms with Crippen molar-refractivity contribution in [2.45, 2.75) is 13.0 Å². The van der Waals surface area contributed by atoms with E-state index in [1.807, 2.05) is 44.3 Å². The van der Waals surface area contributed by atoms with Crippen molar-refractivity contribution < 1.29 is 4.74 Å². The Hall–Kier alpha value is -0.550. The highest BCUT2D eigenvalue weighted by atomic mass is 79.9. The molecule has 0 amide bonds. The van der Waals surface area contributed by atoms with Crippen molar-refractivity contribution in [3.63, 3.8) is 0 Å². The second-order valence-electron chi connectivity index (χ2n) is 4.51. The van der Waals surface area contributed by atoms with Gasteiger partial charge in [-0.15, -0.1) is 0 Å². The molecule has 0 saturated carbocycles. The number of rotatable bonds is 5. The SMILES string of the molecule is CCOc1ccc(C(NC)c2cc(Br)ccc2Cl)cc1Br. The van der Waals surface area contributed by atoms with Crippen molar-refractivity contribution in [1.82, 2.24) is 5.32 Å². The van der Waals surface area contributed by atoms with E-state index in [0.717, 1.165) is 30.8 Å². The van der Waals surface area contributed by atoms with Gasteiger partial charge < -0.3 is 10.1 Å². The molecule has 0 spiro atoms. The maximum absolute atomic E-state index is 6.34. The molecule has 5 heteroatoms. The van der Waals surface area contributed by atoms with E-state index in [0.29, 0.717) is 6.61 Å². The minimum absolute atomic E-state index is 0.0157. The molecule has 2 aromatic rings. The Balaban J connectivity index is 2.42. The van der Waals surface area contributed by atoms with E-state index in [-0.39, 0.29) is 6.04 Å². The molecule has 2 rings (SSSR count). The predicted octanol–water partition coefficient (Wildman–Crippen LogP) is 5.57. The van der Waals surface area contributed by atoms with E-state index < -0.39 is 0 Å². The van der Waals surface area contributed by atoms with Crippen LogP contribution in [0.15, 0.2) is 45.3 Å². The van der Waals surface area contributed by atoms with Gasteiger partial charge in [0.25, 0.3) is 0 Å². The minimum Gasteiger partial charge on any atom is -0.493 e. The Labute approximate surface area is 147 Å². The fraction of sp³-hybridized carbons (Fsp3) is 0.250. The van der Waals surface area contributed by atoms with Crippen LogP contribution in [0.5, 0.6) is 5.75 Å². The summed E-state index contributed by atoms with van der Waals surface area (Å²) in [6, 6.07) is 12.0. The van der Waals surface area contributed by atoms with Crippen molar-refractivity contribution in [3.8, 4) is 5.75 Å². The van der Waals surface area contributed by atoms with Crippen LogP contribution in [-0.2, 0) is 0 Å². The molecule has 0 heterocycles. The summed E-state index contributed by atoms with van der Waals surface area (Å²) < 4.78 is 7.50. The molecular weight excluding hydrogens is 417 g/mol. The van der Waals surface area contributed by atoms with Gasteiger partial charge in [0.2, 0.25) is 0 Å². The van der Waals surface area contributed by atoms with E-state index in [9.17, 15) is 0 Å². The van der Waals surface area contributed by atoms with Crippen LogP contribution < -0.4 is 10.1 Å². The molecule has 0 aliphatic carbocycles. The number of hydrogen-bond acceptors (Lipinski definition) is 2. The van der Waals surface area contributed by atoms with Crippen molar-refractivity contribution in [2.24, 2.45) is 0 Å². The Bertz CT molecular complexity index is 634. The van der Waals surface area contributed by atoms with Gasteiger partial charge >= 0.3 is 0 Å². The van der Waals surface area contributed by atoms with Crippen LogP contribution in [0.25, 0.3) is 0 Å². The molecule has 0 aromatic heterocycles. The summed E-state index contributed by atoms with van der Waals surface area (Å²) in [6.07, 6.45) is 0. The molecule has 0 fully saturated rings. The van der Waals surface area contributed by atoms with Crippen LogP contribution in [0.1, 0.15) is 24.1 Å². The Morgan fingerprint density at radius 1 is 1.19 bits per heavy atom. The predicted molar refractivity (Wildman–Crippen MR) is 95.4 cm³/mol. The first-order valence-corrected chi connectivity index (χ1v) is 8.57. The van der Waals surface area contributed by atoms with E-state index >= 15 is 0 Å². The minimum atomic E-state index is 0.0157. The van der Waals surface area contributed by atoms with E-state index in [1.54, 1.807) is 0 Å². The third-order valence-electron chi connectivity index (χ3n) is 3.15. The number of halogens is 3. The van der Waals surface area contributed by atoms with Crippen LogP contribution in [0.2, 0.25) is 5.02 Å². The van der Waals surface area contributed by atoms with Crippen LogP contribution >= 0.6 is 43.5 Å². The van der Waals surface area contributed by atoms with E-state index in [4.69, 9.17) is 16.3 Å². The molecule has 0 aliphatic heterocycles. The van der Waals surface area contributed by atoms with Gasteiger partial charge in [0.05, 0.1) is 17.1 Å². The van der Waals surface area contributed by atoms with Crippen molar-refractivity contribution in [1.29, 1.82) is 0 Å². The molecule has 0 bridgehead atoms. The topological polar surface area (TPSA) is 21.3 Å². The monoisotopic (exact) mass is 431 g/mol. The normalized spacial score (nSPS) is 12.2. The van der Waals surface area contributed by atoms with Crippen LogP contribution in [0, 0.1) is 0 Å². The summed E-state index contributed by atoms with van der Waals surface area (Å²) in [5, 5.41) is 4.05. The smallest absolute Gasteiger partial charge is 0.133 e. The Kier molecular flexibility index (Phi) is 6.11. The molecule has 21 heavy (non-hydrogen) atoms. The Morgan fingerprint density at radius 2 is 1.95 bits per heavy atom. The maximum atomic E-state index is 6.34. The summed E-state index contributed by atoms with van der Waals surface area (Å²) in [5.41, 5.74) is 2.15. The van der Waals surface area contributed by atoms with Gasteiger partial charge in [0.1, 0.15) is 5.75 Å². The second-order valence-corrected chi connectivity index (χ2v) is 6.69. The molecule has 0 radical (unpaired) electrons. The largest absolute Gasteiger partial charge is 0.493 e. The molecule has 1 atom stereocenters. The van der Waals surface area contributed by atoms with Gasteiger partial charge in [-0.2, -0.15) is 0 Å². The molecule has 2 nitrogen and oxygen atoms in total. The quantitative estimate of drug-likeness (QED) is 0.665. The van der Waals surface area contributed by atoms with Gasteiger partial charge in [-0.1, -0.05) is 33.6 Å². The number of nitrogens with one attached hydrogen (secondary N) is 1. The molecular formula is C16H16Br2ClNO. The highest BCUT2D eigenvalue weighted by Gasteiger charge is 2.17. The first-order chi connectivity index (χ1) is 10.1. The van der Waals surface area contributed by atoms with E-state index in [1.165, 1.54) is 0 Å². The summed E-state index contributed by atoms with van der Waals surface area (Å²) in [6.45, 7) is 2.61. The number of benzene rings is 2. The highest BCUT2D eigenvalue weighted by molar-refractivity contribution is 9.10. The van der Waals surface area contributed by atoms with Gasteiger partial charge in [-0.25, -0.2) is 0 Å². The first kappa shape index (κ1) is 16.8. The molecule has 0 aliphatic rings. The standard InChI is InChI=1S/C16H16Br2ClNO/c1-3-21-15-7-4-10(8-13(15)18)16(20-2)12-9-11(17)5-6-14(12)19/h4-9,16,20H,3H2,1-2H3. The maximum Gasteiger partial charge on any atom is 0.133 e. The third-order valence-corrected chi connectivity index (χ3v) is 4.60. The number of ether oxygens (including phenoxy) is 1. The lowest BCUT2D eigenvalue weighted by molar-refractivity contribution is 0.338. The van der Waals surface area contributed by atoms with Gasteiger partial charge in [0.15, 0.2) is 0 Å². The fourth-order valence-electron chi connectivity index (χ4n) is 2.21. The van der Waals surface area contributed by atoms with Crippen LogP contribution in [0.4, 0.5) is 0 Å². The highest BCUT2D eigenvalue weighted by Crippen LogP contribution is 2.34. The van der Waals surface area contributed by atoms with Crippen molar-refractivity contribution in [3.05, 3.63) is 61.5 Å². The molecule has 1 N–H and O–H groups in total. The molecule has 2 aromatic carbocycles. The van der Waals surface area contributed by atoms with Crippen molar-refractivity contribution in [2.75, 3.05) is 13.7 Å². The first-order valence-electron chi connectivity index (χ1n) is 6.61. The molecule has 112 valence electrons. The lowest BCUT2D eigenvalue weighted by Crippen LogP contribution is -2.18. The van der Waals surface area contributed by atoms with Gasteiger partial charge in [-0.05, 0) is 71.4 Å². The zero-order chi connectivity index (χ0) is 15.4. The van der Waals surface area contributed by atoms with Gasteiger partial charge in [0, 0.05) is 9.50 Å². The van der Waals surface area contributed by atoms with Crippen LogP contribution in [0.3, 0.4) is 0 Å². The van der Waals surface area contributed by atoms with Crippen LogP contribution in [-0.4, -0.2) is 13.7 Å². The average molecular weight is 434 g/mol. The summed E-state index contributed by atoms with van der Waals surface area (Å²) in [4.78, 5) is 0. The third kappa shape index (κ3) is 4.01. The molecule has 1 unspecified atom stereocenters. The molecule has 0 saturated heterocycles. The lowest BCUT2D eigenvalue weighted by Gasteiger charge is -2.20.